The highest BCUT2D eigenvalue weighted by Gasteiger charge is 2.34. The van der Waals surface area contributed by atoms with E-state index in [-0.39, 0.29) is 19.5 Å². The van der Waals surface area contributed by atoms with Crippen molar-refractivity contribution in [2.45, 2.75) is 71.4 Å². The van der Waals surface area contributed by atoms with E-state index in [0.717, 1.165) is 22.2 Å². The van der Waals surface area contributed by atoms with Gasteiger partial charge in [0.15, 0.2) is 23.3 Å². The van der Waals surface area contributed by atoms with Gasteiger partial charge >= 0.3 is 5.97 Å². The van der Waals surface area contributed by atoms with Crippen LogP contribution in [-0.2, 0) is 30.7 Å². The first kappa shape index (κ1) is 29.8. The number of halogens is 4. The van der Waals surface area contributed by atoms with Crippen LogP contribution in [0, 0.1) is 36.1 Å². The largest absolute Gasteiger partial charge is 0.481 e. The van der Waals surface area contributed by atoms with E-state index in [1.165, 1.54) is 4.90 Å². The average molecular weight is 609 g/mol. The Kier molecular flexibility index (Phi) is 7.89. The monoisotopic (exact) mass is 608 g/mol. The van der Waals surface area contributed by atoms with Crippen LogP contribution in [-0.4, -0.2) is 43.4 Å². The van der Waals surface area contributed by atoms with Gasteiger partial charge in [0.2, 0.25) is 0 Å². The van der Waals surface area contributed by atoms with Crippen molar-refractivity contribution in [1.29, 1.82) is 0 Å². The van der Waals surface area contributed by atoms with E-state index in [1.54, 1.807) is 11.6 Å². The Hall–Kier alpha value is -4.28. The maximum Gasteiger partial charge on any atom is 0.307 e. The van der Waals surface area contributed by atoms with Gasteiger partial charge in [-0.05, 0) is 66.5 Å². The van der Waals surface area contributed by atoms with E-state index >= 15 is 17.6 Å². The maximum absolute atomic E-state index is 15.2. The number of nitrogens with zero attached hydrogens (tertiary/aromatic N) is 4. The molecule has 0 saturated carbocycles. The van der Waals surface area contributed by atoms with Crippen LogP contribution in [0.15, 0.2) is 30.3 Å². The number of aryl methyl sites for hydroxylation is 2. The molecule has 7 nitrogen and oxygen atoms in total. The third-order valence-electron chi connectivity index (χ3n) is 9.21. The molecule has 44 heavy (non-hydrogen) atoms. The minimum atomic E-state index is -1.69. The van der Waals surface area contributed by atoms with E-state index in [4.69, 9.17) is 0 Å². The lowest BCUT2D eigenvalue weighted by Gasteiger charge is -2.31. The molecular formula is C33H32F4N4O3. The molecule has 5 aliphatic rings. The molecule has 1 N–H and O–H groups in total. The van der Waals surface area contributed by atoms with Crippen molar-refractivity contribution in [3.63, 3.8) is 0 Å². The Balaban J connectivity index is 1.48. The van der Waals surface area contributed by atoms with Crippen molar-refractivity contribution in [3.8, 4) is 0 Å². The molecule has 1 amide bonds. The minimum absolute atomic E-state index is 0.0631. The fraction of sp³-hybridized carbons (Fsp3) is 0.394. The number of hydrogen-bond acceptors (Lipinski definition) is 4. The van der Waals surface area contributed by atoms with Crippen LogP contribution in [0.1, 0.15) is 82.3 Å². The van der Waals surface area contributed by atoms with Gasteiger partial charge in [0.05, 0.1) is 11.4 Å². The fourth-order valence-corrected chi connectivity index (χ4v) is 6.67. The SMILES string of the molecule is Cc1c2ccc3c1nnn3CCCCCCc1c(F)c(F)c(c(F)c1F)C(=O)N1CCc3ccc(cc3C1)[C@@H]2[C@H](C)C(=O)O. The smallest absolute Gasteiger partial charge is 0.307 e. The number of aromatic nitrogens is 3. The van der Waals surface area contributed by atoms with E-state index in [0.29, 0.717) is 55.3 Å². The number of aliphatic carboxylic acids is 1. The summed E-state index contributed by atoms with van der Waals surface area (Å²) in [5.74, 6) is -9.99. The molecule has 0 unspecified atom stereocenters. The van der Waals surface area contributed by atoms with Crippen LogP contribution >= 0.6 is 0 Å². The van der Waals surface area contributed by atoms with Gasteiger partial charge in [0, 0.05) is 31.1 Å². The van der Waals surface area contributed by atoms with Crippen LogP contribution in [0.25, 0.3) is 11.0 Å². The Labute approximate surface area is 251 Å². The highest BCUT2D eigenvalue weighted by molar-refractivity contribution is 5.95. The number of carbonyl (C=O) groups excluding carboxylic acids is 1. The van der Waals surface area contributed by atoms with Crippen molar-refractivity contribution >= 4 is 22.9 Å². The second-order valence-electron chi connectivity index (χ2n) is 11.8. The summed E-state index contributed by atoms with van der Waals surface area (Å²) < 4.78 is 62.3. The molecule has 6 heterocycles. The number of hydrogen-bond donors (Lipinski definition) is 1. The van der Waals surface area contributed by atoms with Crippen LogP contribution in [0.5, 0.6) is 0 Å². The van der Waals surface area contributed by atoms with Gasteiger partial charge in [-0.15, -0.1) is 5.10 Å². The molecule has 0 radical (unpaired) electrons. The second kappa shape index (κ2) is 11.7. The van der Waals surface area contributed by atoms with Crippen molar-refractivity contribution < 1.29 is 32.3 Å². The number of carboxylic acids is 1. The topological polar surface area (TPSA) is 88.3 Å². The average Bonchev–Trinajstić information content (AvgIpc) is 3.43. The molecule has 3 aromatic carbocycles. The molecule has 2 atom stereocenters. The molecule has 11 heteroatoms. The van der Waals surface area contributed by atoms with Gasteiger partial charge in [0.25, 0.3) is 5.91 Å². The fourth-order valence-electron chi connectivity index (χ4n) is 6.67. The molecule has 0 aliphatic carbocycles. The summed E-state index contributed by atoms with van der Waals surface area (Å²) in [5, 5.41) is 18.8. The zero-order chi connectivity index (χ0) is 31.3. The summed E-state index contributed by atoms with van der Waals surface area (Å²) in [6.07, 6.45) is 2.36. The van der Waals surface area contributed by atoms with Gasteiger partial charge in [-0.3, -0.25) is 9.59 Å². The van der Waals surface area contributed by atoms with Crippen LogP contribution in [0.4, 0.5) is 17.6 Å². The first-order valence-electron chi connectivity index (χ1n) is 14.9. The summed E-state index contributed by atoms with van der Waals surface area (Å²) in [6, 6.07) is 9.36. The highest BCUT2D eigenvalue weighted by Crippen LogP contribution is 2.38. The van der Waals surface area contributed by atoms with Gasteiger partial charge < -0.3 is 10.0 Å². The lowest BCUT2D eigenvalue weighted by atomic mass is 9.78. The van der Waals surface area contributed by atoms with Crippen LogP contribution < -0.4 is 0 Å². The predicted octanol–water partition coefficient (Wildman–Crippen LogP) is 6.46. The second-order valence-corrected chi connectivity index (χ2v) is 11.8. The zero-order valence-corrected chi connectivity index (χ0v) is 24.5. The molecule has 4 aromatic rings. The number of benzene rings is 3. The highest BCUT2D eigenvalue weighted by atomic mass is 19.2. The lowest BCUT2D eigenvalue weighted by Crippen LogP contribution is -2.37. The number of rotatable bonds is 2. The zero-order valence-electron chi connectivity index (χ0n) is 24.5. The third-order valence-corrected chi connectivity index (χ3v) is 9.21. The Bertz CT molecular complexity index is 1770. The first-order chi connectivity index (χ1) is 21.1. The molecule has 9 rings (SSSR count). The van der Waals surface area contributed by atoms with E-state index in [9.17, 15) is 14.7 Å². The molecular weight excluding hydrogens is 576 g/mol. The van der Waals surface area contributed by atoms with Gasteiger partial charge in [-0.25, -0.2) is 22.2 Å². The molecule has 1 aromatic heterocycles. The summed E-state index contributed by atoms with van der Waals surface area (Å²) in [5.41, 5.74) is 3.39. The number of amides is 1. The van der Waals surface area contributed by atoms with Crippen molar-refractivity contribution in [2.75, 3.05) is 6.54 Å². The van der Waals surface area contributed by atoms with E-state index < -0.39 is 58.1 Å². The molecule has 230 valence electrons. The number of carbonyl (C=O) groups is 2. The van der Waals surface area contributed by atoms with Gasteiger partial charge in [0.1, 0.15) is 11.1 Å². The normalized spacial score (nSPS) is 18.2. The predicted molar refractivity (Wildman–Crippen MR) is 154 cm³/mol. The first-order valence-corrected chi connectivity index (χ1v) is 14.9. The quantitative estimate of drug-likeness (QED) is 0.208. The van der Waals surface area contributed by atoms with E-state index in [2.05, 4.69) is 10.3 Å². The molecule has 0 saturated heterocycles. The molecule has 5 aliphatic heterocycles. The van der Waals surface area contributed by atoms with Gasteiger partial charge in [-0.2, -0.15) is 0 Å². The maximum atomic E-state index is 15.2. The van der Waals surface area contributed by atoms with Crippen molar-refractivity contribution in [1.82, 2.24) is 19.9 Å². The Morgan fingerprint density at radius 3 is 2.39 bits per heavy atom. The number of carboxylic acid groups (broad SMARTS) is 1. The standard InChI is InChI=1S/C33H32F4N4O3/c1-17-22-10-11-24-31(17)38-39-41(24)13-6-4-3-5-7-23-27(34)29(36)26(30(37)28(23)35)32(42)40-14-12-19-8-9-20(15-21(19)16-40)25(22)18(2)33(43)44/h8-11,15,18,25H,3-7,12-14,16H2,1-2H3,(H,43,44)/t18-,25-/m0/s1. The summed E-state index contributed by atoms with van der Waals surface area (Å²) in [4.78, 5) is 26.9. The van der Waals surface area contributed by atoms with Crippen LogP contribution in [0.3, 0.4) is 0 Å². The Morgan fingerprint density at radius 2 is 1.66 bits per heavy atom. The van der Waals surface area contributed by atoms with Crippen LogP contribution in [0.2, 0.25) is 0 Å². The van der Waals surface area contributed by atoms with Gasteiger partial charge in [-0.1, -0.05) is 49.2 Å². The van der Waals surface area contributed by atoms with Crippen molar-refractivity contribution in [3.05, 3.63) is 92.5 Å². The van der Waals surface area contributed by atoms with E-state index in [1.807, 2.05) is 37.3 Å². The molecule has 9 bridgehead atoms. The summed E-state index contributed by atoms with van der Waals surface area (Å²) in [6.45, 7) is 4.10. The Morgan fingerprint density at radius 1 is 0.932 bits per heavy atom. The third kappa shape index (κ3) is 5.01. The lowest BCUT2D eigenvalue weighted by molar-refractivity contribution is -0.141. The molecule has 0 spiro atoms. The van der Waals surface area contributed by atoms with Crippen molar-refractivity contribution in [2.24, 2.45) is 5.92 Å². The summed E-state index contributed by atoms with van der Waals surface area (Å²) in [7, 11) is 0. The molecule has 0 fully saturated rings. The minimum Gasteiger partial charge on any atom is -0.481 e. The summed E-state index contributed by atoms with van der Waals surface area (Å²) >= 11 is 0.